The zero-order chi connectivity index (χ0) is 24.5. The van der Waals surface area contributed by atoms with Gasteiger partial charge < -0.3 is 19.6 Å². The summed E-state index contributed by atoms with van der Waals surface area (Å²) < 4.78 is 19.3. The second kappa shape index (κ2) is 9.35. The number of aliphatic hydroxyl groups excluding tert-OH is 1. The summed E-state index contributed by atoms with van der Waals surface area (Å²) in [6.07, 6.45) is 0. The van der Waals surface area contributed by atoms with Gasteiger partial charge in [-0.1, -0.05) is 45.0 Å². The number of methoxy groups -OCH3 is 1. The van der Waals surface area contributed by atoms with E-state index in [-0.39, 0.29) is 22.3 Å². The number of likely N-dealkylation sites (N-methyl/N-ethyl adjacent to an activating group) is 1. The maximum absolute atomic E-state index is 14.0. The van der Waals surface area contributed by atoms with Crippen molar-refractivity contribution in [3.05, 3.63) is 70.5 Å². The van der Waals surface area contributed by atoms with Crippen molar-refractivity contribution in [2.75, 3.05) is 34.3 Å². The third-order valence-electron chi connectivity index (χ3n) is 5.84. The number of halogens is 1. The molecule has 2 aromatic rings. The van der Waals surface area contributed by atoms with Gasteiger partial charge in [0.15, 0.2) is 0 Å². The molecule has 1 fully saturated rings. The highest BCUT2D eigenvalue weighted by Crippen LogP contribution is 2.41. The molecule has 33 heavy (non-hydrogen) atoms. The summed E-state index contributed by atoms with van der Waals surface area (Å²) in [6.45, 7) is 7.12. The second-order valence-corrected chi connectivity index (χ2v) is 9.51. The first-order valence-electron chi connectivity index (χ1n) is 10.8. The van der Waals surface area contributed by atoms with E-state index in [0.29, 0.717) is 18.7 Å². The predicted octanol–water partition coefficient (Wildman–Crippen LogP) is 4.12. The van der Waals surface area contributed by atoms with E-state index in [4.69, 9.17) is 4.74 Å². The molecule has 0 aliphatic carbocycles. The summed E-state index contributed by atoms with van der Waals surface area (Å²) in [5.74, 6) is -2.34. The van der Waals surface area contributed by atoms with Crippen LogP contribution in [-0.2, 0) is 15.0 Å². The molecule has 0 saturated carbocycles. The second-order valence-electron chi connectivity index (χ2n) is 9.51. The number of amides is 1. The van der Waals surface area contributed by atoms with Crippen LogP contribution in [0.3, 0.4) is 0 Å². The van der Waals surface area contributed by atoms with Crippen LogP contribution in [0.2, 0.25) is 0 Å². The Morgan fingerprint density at radius 3 is 2.30 bits per heavy atom. The van der Waals surface area contributed by atoms with Gasteiger partial charge in [0.05, 0.1) is 24.3 Å². The van der Waals surface area contributed by atoms with Gasteiger partial charge in [-0.3, -0.25) is 9.59 Å². The number of benzene rings is 2. The largest absolute Gasteiger partial charge is 0.507 e. The molecule has 6 nitrogen and oxygen atoms in total. The van der Waals surface area contributed by atoms with E-state index < -0.39 is 29.3 Å². The van der Waals surface area contributed by atoms with Crippen LogP contribution in [0.1, 0.15) is 43.5 Å². The molecule has 0 spiro atoms. The Bertz CT molecular complexity index is 1080. The zero-order valence-electron chi connectivity index (χ0n) is 20.0. The Labute approximate surface area is 194 Å². The monoisotopic (exact) mass is 454 g/mol. The predicted molar refractivity (Wildman–Crippen MR) is 126 cm³/mol. The number of hydrogen-bond acceptors (Lipinski definition) is 5. The van der Waals surface area contributed by atoms with Crippen LogP contribution in [0.5, 0.6) is 5.75 Å². The number of likely N-dealkylation sites (tertiary alicyclic amines) is 1. The highest BCUT2D eigenvalue weighted by atomic mass is 19.1. The number of nitrogens with zero attached hydrogens (tertiary/aromatic N) is 2. The molecule has 1 N–H and O–H groups in total. The van der Waals surface area contributed by atoms with E-state index in [1.54, 1.807) is 0 Å². The maximum Gasteiger partial charge on any atom is 0.295 e. The molecule has 2 aromatic carbocycles. The van der Waals surface area contributed by atoms with Crippen molar-refractivity contribution in [3.8, 4) is 5.75 Å². The average molecular weight is 455 g/mol. The minimum absolute atomic E-state index is 0.0272. The Hall–Kier alpha value is -3.19. The molecule has 176 valence electrons. The average Bonchev–Trinajstić information content (AvgIpc) is 3.01. The Morgan fingerprint density at radius 1 is 1.12 bits per heavy atom. The lowest BCUT2D eigenvalue weighted by atomic mass is 9.85. The highest BCUT2D eigenvalue weighted by molar-refractivity contribution is 6.46. The lowest BCUT2D eigenvalue weighted by molar-refractivity contribution is -0.140. The summed E-state index contributed by atoms with van der Waals surface area (Å²) in [7, 11) is 5.14. The molecule has 1 aliphatic rings. The molecular formula is C26H31FN2O4. The zero-order valence-corrected chi connectivity index (χ0v) is 20.0. The molecule has 1 saturated heterocycles. The summed E-state index contributed by atoms with van der Waals surface area (Å²) in [5.41, 5.74) is 1.67. The molecule has 1 aliphatic heterocycles. The minimum atomic E-state index is -0.803. The fraction of sp³-hybridized carbons (Fsp3) is 0.385. The summed E-state index contributed by atoms with van der Waals surface area (Å²) in [6, 6.07) is 10.5. The molecule has 0 bridgehead atoms. The van der Waals surface area contributed by atoms with Crippen molar-refractivity contribution in [2.45, 2.75) is 32.2 Å². The molecule has 1 heterocycles. The van der Waals surface area contributed by atoms with Crippen LogP contribution in [0.25, 0.3) is 5.76 Å². The first-order chi connectivity index (χ1) is 15.5. The van der Waals surface area contributed by atoms with Crippen LogP contribution >= 0.6 is 0 Å². The number of aliphatic hydroxyl groups is 1. The smallest absolute Gasteiger partial charge is 0.295 e. The quantitative estimate of drug-likeness (QED) is 0.404. The van der Waals surface area contributed by atoms with Gasteiger partial charge in [0.25, 0.3) is 11.7 Å². The SMILES string of the molecule is COc1ccc(F)cc1/C(O)=C1\C(=O)C(=O)N(CCN(C)C)C1c1ccc(C(C)(C)C)cc1. The van der Waals surface area contributed by atoms with Gasteiger partial charge in [-0.2, -0.15) is 0 Å². The van der Waals surface area contributed by atoms with Crippen molar-refractivity contribution in [1.82, 2.24) is 9.80 Å². The van der Waals surface area contributed by atoms with Gasteiger partial charge in [0, 0.05) is 13.1 Å². The molecule has 1 amide bonds. The summed E-state index contributed by atoms with van der Waals surface area (Å²) in [5, 5.41) is 11.2. The van der Waals surface area contributed by atoms with E-state index in [1.807, 2.05) is 43.3 Å². The molecule has 3 rings (SSSR count). The van der Waals surface area contributed by atoms with Crippen molar-refractivity contribution >= 4 is 17.4 Å². The lowest BCUT2D eigenvalue weighted by Crippen LogP contribution is -2.35. The maximum atomic E-state index is 14.0. The third kappa shape index (κ3) is 4.93. The van der Waals surface area contributed by atoms with Gasteiger partial charge in [0.2, 0.25) is 0 Å². The van der Waals surface area contributed by atoms with Crippen molar-refractivity contribution in [2.24, 2.45) is 0 Å². The molecule has 1 unspecified atom stereocenters. The third-order valence-corrected chi connectivity index (χ3v) is 5.84. The Kier molecular flexibility index (Phi) is 6.93. The number of carbonyl (C=O) groups excluding carboxylic acids is 2. The van der Waals surface area contributed by atoms with Crippen molar-refractivity contribution in [1.29, 1.82) is 0 Å². The fourth-order valence-electron chi connectivity index (χ4n) is 3.94. The Morgan fingerprint density at radius 2 is 1.76 bits per heavy atom. The van der Waals surface area contributed by atoms with Gasteiger partial charge >= 0.3 is 0 Å². The van der Waals surface area contributed by atoms with Crippen molar-refractivity contribution < 1.29 is 23.8 Å². The molecule has 1 atom stereocenters. The van der Waals surface area contributed by atoms with Crippen LogP contribution in [0.15, 0.2) is 48.0 Å². The molecule has 0 aromatic heterocycles. The van der Waals surface area contributed by atoms with E-state index in [0.717, 1.165) is 11.6 Å². The number of carbonyl (C=O) groups is 2. The van der Waals surface area contributed by atoms with Crippen molar-refractivity contribution in [3.63, 3.8) is 0 Å². The van der Waals surface area contributed by atoms with Crippen LogP contribution < -0.4 is 4.74 Å². The Balaban J connectivity index is 2.20. The fourth-order valence-corrected chi connectivity index (χ4v) is 3.94. The van der Waals surface area contributed by atoms with Crippen LogP contribution in [0.4, 0.5) is 4.39 Å². The van der Waals surface area contributed by atoms with E-state index in [2.05, 4.69) is 20.8 Å². The molecule has 7 heteroatoms. The first kappa shape index (κ1) is 24.5. The standard InChI is InChI=1S/C26H31FN2O4/c1-26(2,3)17-9-7-16(8-10-17)22-21(24(31)25(32)29(22)14-13-28(4)5)23(30)19-15-18(27)11-12-20(19)33-6/h7-12,15,22,30H,13-14H2,1-6H3/b23-21+. The normalized spacial score (nSPS) is 18.3. The number of hydrogen-bond donors (Lipinski definition) is 1. The van der Waals surface area contributed by atoms with Gasteiger partial charge in [-0.05, 0) is 48.8 Å². The number of rotatable bonds is 6. The number of Topliss-reactive ketones (excluding diaryl/α,β-unsaturated/α-hetero) is 1. The molecular weight excluding hydrogens is 423 g/mol. The number of ketones is 1. The summed E-state index contributed by atoms with van der Waals surface area (Å²) >= 11 is 0. The van der Waals surface area contributed by atoms with Gasteiger partial charge in [0.1, 0.15) is 17.3 Å². The lowest BCUT2D eigenvalue weighted by Gasteiger charge is -2.27. The van der Waals surface area contributed by atoms with Crippen LogP contribution in [-0.4, -0.2) is 60.9 Å². The topological polar surface area (TPSA) is 70.1 Å². The van der Waals surface area contributed by atoms with E-state index >= 15 is 0 Å². The highest BCUT2D eigenvalue weighted by Gasteiger charge is 2.46. The minimum Gasteiger partial charge on any atom is -0.507 e. The first-order valence-corrected chi connectivity index (χ1v) is 10.8. The van der Waals surface area contributed by atoms with Gasteiger partial charge in [-0.15, -0.1) is 0 Å². The molecule has 0 radical (unpaired) electrons. The summed E-state index contributed by atoms with van der Waals surface area (Å²) in [4.78, 5) is 29.5. The number of ether oxygens (including phenoxy) is 1. The van der Waals surface area contributed by atoms with E-state index in [1.165, 1.54) is 24.1 Å². The van der Waals surface area contributed by atoms with Crippen LogP contribution in [0, 0.1) is 5.82 Å². The van der Waals surface area contributed by atoms with E-state index in [9.17, 15) is 19.1 Å². The van der Waals surface area contributed by atoms with Gasteiger partial charge in [-0.25, -0.2) is 4.39 Å².